The second-order valence-corrected chi connectivity index (χ2v) is 2.43. The first-order valence-electron chi connectivity index (χ1n) is 3.47. The minimum absolute atomic E-state index is 0.878. The molecule has 0 amide bonds. The van der Waals surface area contributed by atoms with Gasteiger partial charge < -0.3 is 5.32 Å². The molecule has 3 heteroatoms. The van der Waals surface area contributed by atoms with E-state index in [0.717, 1.165) is 25.2 Å². The van der Waals surface area contributed by atoms with E-state index in [9.17, 15) is 0 Å². The molecule has 1 N–H and O–H groups in total. The summed E-state index contributed by atoms with van der Waals surface area (Å²) in [5.74, 6) is 0. The van der Waals surface area contributed by atoms with E-state index < -0.39 is 0 Å². The third-order valence-corrected chi connectivity index (χ3v) is 1.76. The van der Waals surface area contributed by atoms with Crippen LogP contribution in [0.2, 0.25) is 0 Å². The van der Waals surface area contributed by atoms with Gasteiger partial charge in [-0.05, 0) is 24.6 Å². The van der Waals surface area contributed by atoms with Gasteiger partial charge >= 0.3 is 0 Å². The number of aromatic nitrogens is 2. The van der Waals surface area contributed by atoms with Crippen molar-refractivity contribution >= 4 is 0 Å². The number of hydrogen-bond donors (Lipinski definition) is 1. The lowest BCUT2D eigenvalue weighted by Gasteiger charge is -2.13. The Kier molecular flexibility index (Phi) is 1.36. The van der Waals surface area contributed by atoms with E-state index in [1.165, 1.54) is 5.56 Å². The maximum absolute atomic E-state index is 4.01. The third-order valence-electron chi connectivity index (χ3n) is 1.76. The third kappa shape index (κ3) is 0.885. The summed E-state index contributed by atoms with van der Waals surface area (Å²) in [6, 6.07) is 2.04. The molecular formula is C7H9N3. The first-order chi connectivity index (χ1) is 4.97. The molecule has 0 fully saturated rings. The highest BCUT2D eigenvalue weighted by Gasteiger charge is 2.07. The maximum Gasteiger partial charge on any atom is 0.0801 e. The van der Waals surface area contributed by atoms with Gasteiger partial charge in [0.05, 0.1) is 5.69 Å². The molecule has 0 spiro atoms. The summed E-state index contributed by atoms with van der Waals surface area (Å²) in [6.07, 6.45) is 2.84. The molecule has 52 valence electrons. The largest absolute Gasteiger partial charge is 0.311 e. The second-order valence-electron chi connectivity index (χ2n) is 2.43. The normalized spacial score (nSPS) is 16.4. The number of rotatable bonds is 0. The van der Waals surface area contributed by atoms with Crippen molar-refractivity contribution in [2.75, 3.05) is 6.54 Å². The van der Waals surface area contributed by atoms with E-state index in [2.05, 4.69) is 15.5 Å². The van der Waals surface area contributed by atoms with Gasteiger partial charge in [-0.15, -0.1) is 0 Å². The van der Waals surface area contributed by atoms with Crippen LogP contribution < -0.4 is 5.32 Å². The zero-order valence-electron chi connectivity index (χ0n) is 5.67. The first kappa shape index (κ1) is 5.80. The van der Waals surface area contributed by atoms with Gasteiger partial charge in [-0.25, -0.2) is 0 Å². The van der Waals surface area contributed by atoms with Crippen molar-refractivity contribution in [2.45, 2.75) is 13.0 Å². The van der Waals surface area contributed by atoms with Crippen LogP contribution in [-0.2, 0) is 13.0 Å². The molecule has 0 aromatic carbocycles. The molecule has 2 heterocycles. The van der Waals surface area contributed by atoms with Gasteiger partial charge in [-0.2, -0.15) is 10.2 Å². The van der Waals surface area contributed by atoms with Gasteiger partial charge in [-0.1, -0.05) is 0 Å². The van der Waals surface area contributed by atoms with Crippen LogP contribution in [0.3, 0.4) is 0 Å². The van der Waals surface area contributed by atoms with Gasteiger partial charge in [0.15, 0.2) is 0 Å². The SMILES string of the molecule is c1cc2c(nn1)CNCC2. The molecule has 1 aliphatic rings. The molecule has 10 heavy (non-hydrogen) atoms. The van der Waals surface area contributed by atoms with Crippen LogP contribution in [0.1, 0.15) is 11.3 Å². The van der Waals surface area contributed by atoms with Crippen LogP contribution in [0.5, 0.6) is 0 Å². The lowest BCUT2D eigenvalue weighted by Crippen LogP contribution is -2.24. The van der Waals surface area contributed by atoms with Crippen molar-refractivity contribution in [1.82, 2.24) is 15.5 Å². The molecule has 0 saturated carbocycles. The van der Waals surface area contributed by atoms with Gasteiger partial charge in [0.25, 0.3) is 0 Å². The first-order valence-corrected chi connectivity index (χ1v) is 3.47. The van der Waals surface area contributed by atoms with Crippen molar-refractivity contribution in [3.05, 3.63) is 23.5 Å². The Morgan fingerprint density at radius 1 is 1.50 bits per heavy atom. The van der Waals surface area contributed by atoms with Crippen LogP contribution in [0.15, 0.2) is 12.3 Å². The van der Waals surface area contributed by atoms with Gasteiger partial charge in [0.2, 0.25) is 0 Å². The monoisotopic (exact) mass is 135 g/mol. The molecule has 0 aliphatic carbocycles. The molecule has 0 radical (unpaired) electrons. The second kappa shape index (κ2) is 2.34. The Labute approximate surface area is 59.5 Å². The van der Waals surface area contributed by atoms with Gasteiger partial charge in [0, 0.05) is 12.7 Å². The molecule has 1 aromatic heterocycles. The van der Waals surface area contributed by atoms with Crippen LogP contribution in [0, 0.1) is 0 Å². The summed E-state index contributed by atoms with van der Waals surface area (Å²) in [4.78, 5) is 0. The van der Waals surface area contributed by atoms with E-state index in [4.69, 9.17) is 0 Å². The Morgan fingerprint density at radius 3 is 3.40 bits per heavy atom. The molecule has 0 saturated heterocycles. The highest BCUT2D eigenvalue weighted by Crippen LogP contribution is 2.07. The fraction of sp³-hybridized carbons (Fsp3) is 0.429. The molecule has 1 aromatic rings. The van der Waals surface area contributed by atoms with Crippen molar-refractivity contribution in [3.8, 4) is 0 Å². The van der Waals surface area contributed by atoms with E-state index in [1.54, 1.807) is 6.20 Å². The molecule has 2 rings (SSSR count). The number of nitrogens with one attached hydrogen (secondary N) is 1. The summed E-state index contributed by atoms with van der Waals surface area (Å²) in [5.41, 5.74) is 2.45. The molecule has 1 aliphatic heterocycles. The zero-order valence-corrected chi connectivity index (χ0v) is 5.67. The highest BCUT2D eigenvalue weighted by atomic mass is 15.1. The Morgan fingerprint density at radius 2 is 2.50 bits per heavy atom. The molecule has 0 unspecified atom stereocenters. The highest BCUT2D eigenvalue weighted by molar-refractivity contribution is 5.19. The summed E-state index contributed by atoms with van der Waals surface area (Å²) in [7, 11) is 0. The number of nitrogens with zero attached hydrogens (tertiary/aromatic N) is 2. The summed E-state index contributed by atoms with van der Waals surface area (Å²) < 4.78 is 0. The van der Waals surface area contributed by atoms with Crippen molar-refractivity contribution < 1.29 is 0 Å². The van der Waals surface area contributed by atoms with E-state index >= 15 is 0 Å². The smallest absolute Gasteiger partial charge is 0.0801 e. The number of fused-ring (bicyclic) bond motifs is 1. The Bertz CT molecular complexity index is 209. The van der Waals surface area contributed by atoms with Crippen molar-refractivity contribution in [1.29, 1.82) is 0 Å². The fourth-order valence-electron chi connectivity index (χ4n) is 1.19. The van der Waals surface area contributed by atoms with Crippen LogP contribution in [0.25, 0.3) is 0 Å². The topological polar surface area (TPSA) is 37.8 Å². The molecule has 0 bridgehead atoms. The Hall–Kier alpha value is -0.960. The molecule has 3 nitrogen and oxygen atoms in total. The lowest BCUT2D eigenvalue weighted by molar-refractivity contribution is 0.616. The van der Waals surface area contributed by atoms with Crippen LogP contribution >= 0.6 is 0 Å². The van der Waals surface area contributed by atoms with Crippen LogP contribution in [-0.4, -0.2) is 16.7 Å². The summed E-state index contributed by atoms with van der Waals surface area (Å²) >= 11 is 0. The van der Waals surface area contributed by atoms with Crippen LogP contribution in [0.4, 0.5) is 0 Å². The zero-order chi connectivity index (χ0) is 6.81. The predicted molar refractivity (Wildman–Crippen MR) is 37.4 cm³/mol. The predicted octanol–water partition coefficient (Wildman–Crippen LogP) is 0.122. The minimum Gasteiger partial charge on any atom is -0.311 e. The van der Waals surface area contributed by atoms with E-state index in [1.807, 2.05) is 6.07 Å². The standard InChI is InChI=1S/C7H9N3/c1-3-8-5-7-6(1)2-4-9-10-7/h2,4,8H,1,3,5H2. The Balaban J connectivity index is 2.41. The van der Waals surface area contributed by atoms with Crippen molar-refractivity contribution in [2.24, 2.45) is 0 Å². The fourth-order valence-corrected chi connectivity index (χ4v) is 1.19. The molecular weight excluding hydrogens is 126 g/mol. The van der Waals surface area contributed by atoms with Crippen molar-refractivity contribution in [3.63, 3.8) is 0 Å². The van der Waals surface area contributed by atoms with E-state index in [0.29, 0.717) is 0 Å². The molecule has 0 atom stereocenters. The summed E-state index contributed by atoms with van der Waals surface area (Å²) in [6.45, 7) is 1.95. The van der Waals surface area contributed by atoms with Gasteiger partial charge in [0.1, 0.15) is 0 Å². The quantitative estimate of drug-likeness (QED) is 0.549. The summed E-state index contributed by atoms with van der Waals surface area (Å²) in [5, 5.41) is 11.1. The minimum atomic E-state index is 0.878. The average Bonchev–Trinajstić information content (AvgIpc) is 2.05. The van der Waals surface area contributed by atoms with Gasteiger partial charge in [-0.3, -0.25) is 0 Å². The lowest BCUT2D eigenvalue weighted by atomic mass is 10.1. The van der Waals surface area contributed by atoms with E-state index in [-0.39, 0.29) is 0 Å². The maximum atomic E-state index is 4.01. The average molecular weight is 135 g/mol. The number of hydrogen-bond acceptors (Lipinski definition) is 3.